The first kappa shape index (κ1) is 16.1. The van der Waals surface area contributed by atoms with Crippen molar-refractivity contribution in [2.24, 2.45) is 5.92 Å². The van der Waals surface area contributed by atoms with E-state index in [2.05, 4.69) is 39.6 Å². The van der Waals surface area contributed by atoms with E-state index in [0.717, 1.165) is 12.8 Å². The van der Waals surface area contributed by atoms with Gasteiger partial charge in [0.2, 0.25) is 5.91 Å². The van der Waals surface area contributed by atoms with Gasteiger partial charge in [-0.1, -0.05) is 24.3 Å². The predicted molar refractivity (Wildman–Crippen MR) is 95.6 cm³/mol. The van der Waals surface area contributed by atoms with Crippen LogP contribution in [0, 0.1) is 19.8 Å². The summed E-state index contributed by atoms with van der Waals surface area (Å²) in [4.78, 5) is 31.4. The summed E-state index contributed by atoms with van der Waals surface area (Å²) < 4.78 is 0. The van der Waals surface area contributed by atoms with Crippen molar-refractivity contribution in [1.29, 1.82) is 0 Å². The number of carbonyl (C=O) groups excluding carboxylic acids is 1. The molecule has 0 saturated heterocycles. The number of nitrogens with one attached hydrogen (secondary N) is 2. The first-order valence-corrected chi connectivity index (χ1v) is 8.98. The van der Waals surface area contributed by atoms with Crippen LogP contribution in [0.1, 0.15) is 47.0 Å². The fourth-order valence-electron chi connectivity index (χ4n) is 4.31. The van der Waals surface area contributed by atoms with Crippen molar-refractivity contribution in [3.05, 3.63) is 62.8 Å². The summed E-state index contributed by atoms with van der Waals surface area (Å²) >= 11 is 0. The molecular formula is C20H23N3O2. The minimum atomic E-state index is -0.133. The average Bonchev–Trinajstić information content (AvgIpc) is 3.27. The SMILES string of the molecule is Cc1nc(C)c(CCC(=O)N[C@@H]2[C@@H]3CCc4ccccc4[C@@H]32)c(=O)[nH]1. The molecule has 1 heterocycles. The molecule has 2 N–H and O–H groups in total. The van der Waals surface area contributed by atoms with Crippen LogP contribution in [0.25, 0.3) is 0 Å². The molecule has 5 nitrogen and oxygen atoms in total. The summed E-state index contributed by atoms with van der Waals surface area (Å²) in [6.07, 6.45) is 3.01. The molecule has 0 bridgehead atoms. The van der Waals surface area contributed by atoms with Gasteiger partial charge in [0.15, 0.2) is 0 Å². The molecule has 4 rings (SSSR count). The number of nitrogens with zero attached hydrogens (tertiary/aromatic N) is 1. The summed E-state index contributed by atoms with van der Waals surface area (Å²) in [7, 11) is 0. The Morgan fingerprint density at radius 3 is 2.92 bits per heavy atom. The lowest BCUT2D eigenvalue weighted by Gasteiger charge is -2.13. The standard InChI is InChI=1S/C20H23N3O2/c1-11-14(20(25)22-12(2)21-11)9-10-17(24)23-19-16-8-7-13-5-3-4-6-15(13)18(16)19/h3-6,16,18-19H,7-10H2,1-2H3,(H,23,24)(H,21,22,25)/t16-,18+,19-/m1/s1. The highest BCUT2D eigenvalue weighted by Crippen LogP contribution is 2.54. The molecular weight excluding hydrogens is 314 g/mol. The number of carbonyl (C=O) groups is 1. The van der Waals surface area contributed by atoms with Gasteiger partial charge in [-0.05, 0) is 50.2 Å². The normalized spacial score (nSPS) is 23.5. The zero-order valence-corrected chi connectivity index (χ0v) is 14.6. The van der Waals surface area contributed by atoms with E-state index < -0.39 is 0 Å². The number of aromatic nitrogens is 2. The van der Waals surface area contributed by atoms with Crippen LogP contribution in [-0.4, -0.2) is 21.9 Å². The maximum atomic E-state index is 12.4. The van der Waals surface area contributed by atoms with Gasteiger partial charge >= 0.3 is 0 Å². The lowest BCUT2D eigenvalue weighted by Crippen LogP contribution is -2.28. The average molecular weight is 337 g/mol. The molecule has 0 aliphatic heterocycles. The molecule has 2 aromatic rings. The minimum absolute atomic E-state index is 0.0243. The molecule has 130 valence electrons. The molecule has 2 aliphatic carbocycles. The highest BCUT2D eigenvalue weighted by molar-refractivity contribution is 5.77. The Bertz CT molecular complexity index is 887. The molecule has 1 aromatic carbocycles. The molecule has 0 spiro atoms. The van der Waals surface area contributed by atoms with Crippen LogP contribution < -0.4 is 10.9 Å². The van der Waals surface area contributed by atoms with E-state index in [1.807, 2.05) is 6.92 Å². The second-order valence-corrected chi connectivity index (χ2v) is 7.24. The van der Waals surface area contributed by atoms with Crippen LogP contribution in [0.15, 0.2) is 29.1 Å². The van der Waals surface area contributed by atoms with Crippen LogP contribution in [0.2, 0.25) is 0 Å². The van der Waals surface area contributed by atoms with E-state index in [9.17, 15) is 9.59 Å². The number of aromatic amines is 1. The number of benzene rings is 1. The van der Waals surface area contributed by atoms with Gasteiger partial charge in [0, 0.05) is 29.6 Å². The Morgan fingerprint density at radius 2 is 2.12 bits per heavy atom. The molecule has 1 fully saturated rings. The van der Waals surface area contributed by atoms with Crippen molar-refractivity contribution < 1.29 is 4.79 Å². The molecule has 1 amide bonds. The Hall–Kier alpha value is -2.43. The van der Waals surface area contributed by atoms with Crippen molar-refractivity contribution in [2.75, 3.05) is 0 Å². The van der Waals surface area contributed by atoms with Crippen molar-refractivity contribution in [1.82, 2.24) is 15.3 Å². The minimum Gasteiger partial charge on any atom is -0.352 e. The third-order valence-corrected chi connectivity index (χ3v) is 5.60. The first-order chi connectivity index (χ1) is 12.0. The second-order valence-electron chi connectivity index (χ2n) is 7.24. The van der Waals surface area contributed by atoms with Gasteiger partial charge in [0.05, 0.1) is 0 Å². The zero-order chi connectivity index (χ0) is 17.6. The van der Waals surface area contributed by atoms with Gasteiger partial charge in [-0.2, -0.15) is 0 Å². The Kier molecular flexibility index (Phi) is 3.94. The lowest BCUT2D eigenvalue weighted by atomic mass is 9.92. The summed E-state index contributed by atoms with van der Waals surface area (Å²) in [5, 5.41) is 3.19. The van der Waals surface area contributed by atoms with E-state index in [1.165, 1.54) is 11.1 Å². The number of hydrogen-bond donors (Lipinski definition) is 2. The Morgan fingerprint density at radius 1 is 1.32 bits per heavy atom. The van der Waals surface area contributed by atoms with Gasteiger partial charge in [-0.15, -0.1) is 0 Å². The van der Waals surface area contributed by atoms with Crippen LogP contribution in [-0.2, 0) is 17.6 Å². The van der Waals surface area contributed by atoms with E-state index in [4.69, 9.17) is 0 Å². The molecule has 3 atom stereocenters. The lowest BCUT2D eigenvalue weighted by molar-refractivity contribution is -0.121. The van der Waals surface area contributed by atoms with Crippen molar-refractivity contribution in [3.63, 3.8) is 0 Å². The summed E-state index contributed by atoms with van der Waals surface area (Å²) in [6.45, 7) is 3.58. The highest BCUT2D eigenvalue weighted by atomic mass is 16.1. The summed E-state index contributed by atoms with van der Waals surface area (Å²) in [5.74, 6) is 1.68. The molecule has 5 heteroatoms. The van der Waals surface area contributed by atoms with Gasteiger partial charge in [0.25, 0.3) is 5.56 Å². The maximum Gasteiger partial charge on any atom is 0.254 e. The van der Waals surface area contributed by atoms with E-state index >= 15 is 0 Å². The van der Waals surface area contributed by atoms with E-state index in [0.29, 0.717) is 41.8 Å². The van der Waals surface area contributed by atoms with E-state index in [-0.39, 0.29) is 17.5 Å². The number of hydrogen-bond acceptors (Lipinski definition) is 3. The van der Waals surface area contributed by atoms with Crippen LogP contribution in [0.3, 0.4) is 0 Å². The summed E-state index contributed by atoms with van der Waals surface area (Å²) in [5.41, 5.74) is 4.02. The third-order valence-electron chi connectivity index (χ3n) is 5.60. The number of amides is 1. The van der Waals surface area contributed by atoms with Crippen molar-refractivity contribution in [3.8, 4) is 0 Å². The largest absolute Gasteiger partial charge is 0.352 e. The first-order valence-electron chi connectivity index (χ1n) is 8.98. The molecule has 1 saturated carbocycles. The molecule has 1 aromatic heterocycles. The highest BCUT2D eigenvalue weighted by Gasteiger charge is 2.53. The smallest absolute Gasteiger partial charge is 0.254 e. The second kappa shape index (κ2) is 6.14. The Labute approximate surface area is 146 Å². The summed E-state index contributed by atoms with van der Waals surface area (Å²) in [6, 6.07) is 8.82. The molecule has 0 unspecified atom stereocenters. The van der Waals surface area contributed by atoms with Crippen molar-refractivity contribution in [2.45, 2.75) is 51.5 Å². The number of H-pyrrole nitrogens is 1. The Balaban J connectivity index is 1.38. The van der Waals surface area contributed by atoms with Crippen LogP contribution in [0.5, 0.6) is 0 Å². The quantitative estimate of drug-likeness (QED) is 0.898. The zero-order valence-electron chi connectivity index (χ0n) is 14.6. The van der Waals surface area contributed by atoms with Gasteiger partial charge in [0.1, 0.15) is 5.82 Å². The molecule has 2 aliphatic rings. The number of rotatable bonds is 4. The third kappa shape index (κ3) is 2.99. The predicted octanol–water partition coefficient (Wildman–Crippen LogP) is 2.16. The van der Waals surface area contributed by atoms with Gasteiger partial charge < -0.3 is 10.3 Å². The fourth-order valence-corrected chi connectivity index (χ4v) is 4.31. The molecule has 25 heavy (non-hydrogen) atoms. The van der Waals surface area contributed by atoms with Gasteiger partial charge in [-0.3, -0.25) is 9.59 Å². The number of fused-ring (bicyclic) bond motifs is 3. The monoisotopic (exact) mass is 337 g/mol. The maximum absolute atomic E-state index is 12.4. The van der Waals surface area contributed by atoms with Crippen LogP contribution >= 0.6 is 0 Å². The van der Waals surface area contributed by atoms with Gasteiger partial charge in [-0.25, -0.2) is 4.98 Å². The fraction of sp³-hybridized carbons (Fsp3) is 0.450. The molecule has 0 radical (unpaired) electrons. The number of aryl methyl sites for hydroxylation is 3. The topological polar surface area (TPSA) is 74.8 Å². The van der Waals surface area contributed by atoms with Crippen LogP contribution in [0.4, 0.5) is 0 Å². The van der Waals surface area contributed by atoms with Crippen molar-refractivity contribution >= 4 is 5.91 Å². The van der Waals surface area contributed by atoms with E-state index in [1.54, 1.807) is 6.92 Å².